The summed E-state index contributed by atoms with van der Waals surface area (Å²) in [5.41, 5.74) is 6.35. The molecule has 1 aromatic heterocycles. The van der Waals surface area contributed by atoms with Gasteiger partial charge in [0.25, 0.3) is 0 Å². The standard InChI is InChI=1S/C17H24N4O3.ClH/c1-10(19-15(22)13(18)17(2,3)4)16-20-14(21-24-16)11-8-6-7-9-12(11)23-5;/h6-10,13H,18H2,1-5H3,(H,19,22);1H/t10?,13-;/m1./s1. The lowest BCUT2D eigenvalue weighted by atomic mass is 9.87. The van der Waals surface area contributed by atoms with E-state index in [-0.39, 0.29) is 23.7 Å². The van der Waals surface area contributed by atoms with Gasteiger partial charge in [-0.15, -0.1) is 12.4 Å². The van der Waals surface area contributed by atoms with Crippen LogP contribution in [0.25, 0.3) is 11.4 Å². The summed E-state index contributed by atoms with van der Waals surface area (Å²) in [6.45, 7) is 7.50. The maximum atomic E-state index is 12.2. The average Bonchev–Trinajstić information content (AvgIpc) is 3.03. The molecule has 0 fully saturated rings. The second-order valence-corrected chi connectivity index (χ2v) is 6.73. The first-order valence-corrected chi connectivity index (χ1v) is 7.77. The Morgan fingerprint density at radius 3 is 2.56 bits per heavy atom. The Kier molecular flexibility index (Phi) is 6.96. The van der Waals surface area contributed by atoms with E-state index in [2.05, 4.69) is 15.5 Å². The van der Waals surface area contributed by atoms with Gasteiger partial charge in [0.2, 0.25) is 17.6 Å². The van der Waals surface area contributed by atoms with Gasteiger partial charge in [0.15, 0.2) is 0 Å². The molecule has 1 unspecified atom stereocenters. The van der Waals surface area contributed by atoms with E-state index in [0.29, 0.717) is 17.5 Å². The number of carbonyl (C=O) groups excluding carboxylic acids is 1. The molecule has 0 saturated heterocycles. The zero-order valence-corrected chi connectivity index (χ0v) is 15.9. The minimum Gasteiger partial charge on any atom is -0.496 e. The fourth-order valence-electron chi connectivity index (χ4n) is 2.11. The lowest BCUT2D eigenvalue weighted by Crippen LogP contribution is -2.49. The van der Waals surface area contributed by atoms with E-state index in [9.17, 15) is 4.79 Å². The normalized spacial score (nSPS) is 13.5. The molecule has 0 aliphatic heterocycles. The molecule has 0 aliphatic carbocycles. The third kappa shape index (κ3) is 4.93. The Balaban J connectivity index is 0.00000312. The topological polar surface area (TPSA) is 103 Å². The first kappa shape index (κ1) is 20.9. The molecule has 3 N–H and O–H groups in total. The first-order valence-electron chi connectivity index (χ1n) is 7.77. The molecule has 2 aromatic rings. The van der Waals surface area contributed by atoms with Gasteiger partial charge in [-0.1, -0.05) is 38.1 Å². The number of ether oxygens (including phenoxy) is 1. The largest absolute Gasteiger partial charge is 0.496 e. The van der Waals surface area contributed by atoms with Crippen molar-refractivity contribution in [1.82, 2.24) is 15.5 Å². The van der Waals surface area contributed by atoms with Crippen LogP contribution in [0.5, 0.6) is 5.75 Å². The summed E-state index contributed by atoms with van der Waals surface area (Å²) in [5.74, 6) is 1.11. The number of hydrogen-bond donors (Lipinski definition) is 2. The van der Waals surface area contributed by atoms with E-state index in [1.165, 1.54) is 0 Å². The van der Waals surface area contributed by atoms with Crippen LogP contribution in [0.3, 0.4) is 0 Å². The van der Waals surface area contributed by atoms with Gasteiger partial charge in [0.1, 0.15) is 11.8 Å². The molecule has 0 aliphatic rings. The van der Waals surface area contributed by atoms with Crippen molar-refractivity contribution in [3.8, 4) is 17.1 Å². The molecule has 0 bridgehead atoms. The molecular weight excluding hydrogens is 344 g/mol. The number of halogens is 1. The first-order chi connectivity index (χ1) is 11.2. The zero-order chi connectivity index (χ0) is 17.9. The van der Waals surface area contributed by atoms with E-state index in [4.69, 9.17) is 15.0 Å². The molecule has 8 heteroatoms. The maximum Gasteiger partial charge on any atom is 0.249 e. The van der Waals surface area contributed by atoms with E-state index < -0.39 is 12.1 Å². The SMILES string of the molecule is COc1ccccc1-c1noc(C(C)NC(=O)[C@@H](N)C(C)(C)C)n1.Cl. The van der Waals surface area contributed by atoms with Gasteiger partial charge in [-0.3, -0.25) is 4.79 Å². The number of hydrogen-bond acceptors (Lipinski definition) is 6. The van der Waals surface area contributed by atoms with Gasteiger partial charge >= 0.3 is 0 Å². The molecule has 0 spiro atoms. The quantitative estimate of drug-likeness (QED) is 0.840. The number of methoxy groups -OCH3 is 1. The van der Waals surface area contributed by atoms with Crippen molar-refractivity contribution < 1.29 is 14.1 Å². The summed E-state index contributed by atoms with van der Waals surface area (Å²) in [6.07, 6.45) is 0. The minimum absolute atomic E-state index is 0. The number of carbonyl (C=O) groups is 1. The molecule has 0 radical (unpaired) electrons. The number of rotatable bonds is 5. The van der Waals surface area contributed by atoms with Crippen LogP contribution in [-0.4, -0.2) is 29.2 Å². The van der Waals surface area contributed by atoms with Gasteiger partial charge in [-0.05, 0) is 24.5 Å². The van der Waals surface area contributed by atoms with Crippen LogP contribution in [0.15, 0.2) is 28.8 Å². The van der Waals surface area contributed by atoms with Crippen molar-refractivity contribution in [3.63, 3.8) is 0 Å². The highest BCUT2D eigenvalue weighted by molar-refractivity contribution is 5.85. The molecule has 138 valence electrons. The van der Waals surface area contributed by atoms with E-state index >= 15 is 0 Å². The highest BCUT2D eigenvalue weighted by atomic mass is 35.5. The molecule has 25 heavy (non-hydrogen) atoms. The maximum absolute atomic E-state index is 12.2. The highest BCUT2D eigenvalue weighted by Gasteiger charge is 2.29. The average molecular weight is 369 g/mol. The van der Waals surface area contributed by atoms with Gasteiger partial charge in [0, 0.05) is 0 Å². The van der Waals surface area contributed by atoms with E-state index in [1.807, 2.05) is 45.0 Å². The summed E-state index contributed by atoms with van der Waals surface area (Å²) in [6, 6.07) is 6.31. The number of nitrogens with zero attached hydrogens (tertiary/aromatic N) is 2. The van der Waals surface area contributed by atoms with Crippen LogP contribution in [0.1, 0.15) is 39.6 Å². The second-order valence-electron chi connectivity index (χ2n) is 6.73. The molecule has 1 aromatic carbocycles. The number of nitrogens with two attached hydrogens (primary N) is 1. The molecular formula is C17H25ClN4O3. The van der Waals surface area contributed by atoms with Crippen molar-refractivity contribution >= 4 is 18.3 Å². The number of aromatic nitrogens is 2. The van der Waals surface area contributed by atoms with Crippen molar-refractivity contribution in [2.75, 3.05) is 7.11 Å². The summed E-state index contributed by atoms with van der Waals surface area (Å²) in [5, 5.41) is 6.77. The predicted molar refractivity (Wildman–Crippen MR) is 97.5 cm³/mol. The highest BCUT2D eigenvalue weighted by Crippen LogP contribution is 2.28. The Hall–Kier alpha value is -2.12. The molecule has 1 amide bonds. The van der Waals surface area contributed by atoms with Crippen LogP contribution in [-0.2, 0) is 4.79 Å². The van der Waals surface area contributed by atoms with E-state index in [1.54, 1.807) is 14.0 Å². The van der Waals surface area contributed by atoms with Crippen molar-refractivity contribution in [2.45, 2.75) is 39.8 Å². The van der Waals surface area contributed by atoms with Crippen molar-refractivity contribution in [3.05, 3.63) is 30.2 Å². The fourth-order valence-corrected chi connectivity index (χ4v) is 2.11. The zero-order valence-electron chi connectivity index (χ0n) is 15.1. The van der Waals surface area contributed by atoms with Crippen LogP contribution < -0.4 is 15.8 Å². The lowest BCUT2D eigenvalue weighted by Gasteiger charge is -2.26. The van der Waals surface area contributed by atoms with Crippen LogP contribution in [0.4, 0.5) is 0 Å². The van der Waals surface area contributed by atoms with Crippen LogP contribution in [0, 0.1) is 5.41 Å². The molecule has 2 atom stereocenters. The predicted octanol–water partition coefficient (Wildman–Crippen LogP) is 2.72. The lowest BCUT2D eigenvalue weighted by molar-refractivity contribution is -0.125. The van der Waals surface area contributed by atoms with Gasteiger partial charge in [-0.25, -0.2) is 0 Å². The third-order valence-corrected chi connectivity index (χ3v) is 3.73. The number of nitrogens with one attached hydrogen (secondary N) is 1. The molecule has 1 heterocycles. The molecule has 7 nitrogen and oxygen atoms in total. The van der Waals surface area contributed by atoms with Gasteiger partial charge in [-0.2, -0.15) is 4.98 Å². The van der Waals surface area contributed by atoms with Crippen molar-refractivity contribution in [2.24, 2.45) is 11.1 Å². The smallest absolute Gasteiger partial charge is 0.249 e. The molecule has 0 saturated carbocycles. The summed E-state index contributed by atoms with van der Waals surface area (Å²) in [4.78, 5) is 16.6. The van der Waals surface area contributed by atoms with Gasteiger partial charge < -0.3 is 20.3 Å². The molecule has 2 rings (SSSR count). The Morgan fingerprint density at radius 1 is 1.32 bits per heavy atom. The number of para-hydroxylation sites is 1. The van der Waals surface area contributed by atoms with E-state index in [0.717, 1.165) is 5.56 Å². The monoisotopic (exact) mass is 368 g/mol. The van der Waals surface area contributed by atoms with Crippen LogP contribution >= 0.6 is 12.4 Å². The Labute approximate surface area is 153 Å². The van der Waals surface area contributed by atoms with Gasteiger partial charge in [0.05, 0.1) is 18.7 Å². The fraction of sp³-hybridized carbons (Fsp3) is 0.471. The van der Waals surface area contributed by atoms with Crippen molar-refractivity contribution in [1.29, 1.82) is 0 Å². The summed E-state index contributed by atoms with van der Waals surface area (Å²) < 4.78 is 10.6. The Morgan fingerprint density at radius 2 is 1.96 bits per heavy atom. The number of benzene rings is 1. The number of amides is 1. The summed E-state index contributed by atoms with van der Waals surface area (Å²) in [7, 11) is 1.58. The Bertz CT molecular complexity index is 712. The third-order valence-electron chi connectivity index (χ3n) is 3.73. The van der Waals surface area contributed by atoms with Crippen LogP contribution in [0.2, 0.25) is 0 Å². The second kappa shape index (κ2) is 8.31. The summed E-state index contributed by atoms with van der Waals surface area (Å²) >= 11 is 0. The minimum atomic E-state index is -0.628.